The third kappa shape index (κ3) is 1.95. The van der Waals surface area contributed by atoms with Crippen LogP contribution in [0.5, 0.6) is 0 Å². The van der Waals surface area contributed by atoms with Gasteiger partial charge < -0.3 is 4.74 Å². The van der Waals surface area contributed by atoms with E-state index >= 15 is 0 Å². The molecule has 0 aliphatic heterocycles. The van der Waals surface area contributed by atoms with Crippen molar-refractivity contribution in [1.29, 1.82) is 0 Å². The van der Waals surface area contributed by atoms with Gasteiger partial charge in [-0.3, -0.25) is 0 Å². The molecule has 11 heavy (non-hydrogen) atoms. The summed E-state index contributed by atoms with van der Waals surface area (Å²) < 4.78 is 5.07. The van der Waals surface area contributed by atoms with Gasteiger partial charge in [-0.25, -0.2) is 0 Å². The second-order valence-electron chi connectivity index (χ2n) is 2.44. The monoisotopic (exact) mass is 170 g/mol. The molecule has 1 rings (SSSR count). The Kier molecular flexibility index (Phi) is 2.53. The van der Waals surface area contributed by atoms with Crippen molar-refractivity contribution in [1.82, 2.24) is 0 Å². The molecule has 0 saturated heterocycles. The third-order valence-corrected chi connectivity index (χ3v) is 2.15. The molecule has 0 saturated carbocycles. The van der Waals surface area contributed by atoms with Gasteiger partial charge in [-0.2, -0.15) is 0 Å². The Morgan fingerprint density at radius 3 is 2.91 bits per heavy atom. The van der Waals surface area contributed by atoms with E-state index in [-0.39, 0.29) is 0 Å². The number of hydrogen-bond acceptors (Lipinski definition) is 1. The fourth-order valence-corrected chi connectivity index (χ4v) is 1.06. The maximum absolute atomic E-state index is 5.99. The minimum absolute atomic E-state index is 0.632. The van der Waals surface area contributed by atoms with Crippen LogP contribution in [-0.2, 0) is 4.74 Å². The Balaban J connectivity index is 2.70. The van der Waals surface area contributed by atoms with Crippen LogP contribution in [-0.4, -0.2) is 12.2 Å². The van der Waals surface area contributed by atoms with Crippen LogP contribution in [0.2, 0.25) is 0 Å². The predicted octanol–water partition coefficient (Wildman–Crippen LogP) is 2.64. The van der Waals surface area contributed by atoms with E-state index in [1.165, 1.54) is 0 Å². The summed E-state index contributed by atoms with van der Waals surface area (Å²) in [4.78, 5) is 0. The average Bonchev–Trinajstić information content (AvgIpc) is 2.06. The summed E-state index contributed by atoms with van der Waals surface area (Å²) in [7, 11) is 1.60. The van der Waals surface area contributed by atoms with Crippen molar-refractivity contribution in [3.8, 4) is 0 Å². The molecular formula is C9H11ClO. The first kappa shape index (κ1) is 8.57. The summed E-state index contributed by atoms with van der Waals surface area (Å²) in [5, 5.41) is -0.632. The molecule has 0 fully saturated rings. The first-order chi connectivity index (χ1) is 5.20. The van der Waals surface area contributed by atoms with Crippen LogP contribution in [0.4, 0.5) is 0 Å². The van der Waals surface area contributed by atoms with Crippen molar-refractivity contribution in [3.63, 3.8) is 0 Å². The summed E-state index contributed by atoms with van der Waals surface area (Å²) in [5.74, 6) is 0. The Morgan fingerprint density at radius 1 is 1.82 bits per heavy atom. The summed E-state index contributed by atoms with van der Waals surface area (Å²) >= 11 is 5.99. The molecule has 0 spiro atoms. The van der Waals surface area contributed by atoms with Crippen LogP contribution in [0.15, 0.2) is 36.5 Å². The molecule has 1 nitrogen and oxygen atoms in total. The number of halogens is 1. The van der Waals surface area contributed by atoms with E-state index in [0.717, 1.165) is 5.57 Å². The Hall–Kier alpha value is -0.530. The lowest BCUT2D eigenvalue weighted by Gasteiger charge is -2.22. The van der Waals surface area contributed by atoms with Crippen LogP contribution >= 0.6 is 11.6 Å². The van der Waals surface area contributed by atoms with Gasteiger partial charge in [-0.1, -0.05) is 36.4 Å². The minimum Gasteiger partial charge on any atom is -0.359 e. The molecule has 1 aliphatic rings. The fourth-order valence-electron chi connectivity index (χ4n) is 0.917. The molecule has 0 N–H and O–H groups in total. The van der Waals surface area contributed by atoms with Gasteiger partial charge >= 0.3 is 0 Å². The highest BCUT2D eigenvalue weighted by atomic mass is 35.5. The van der Waals surface area contributed by atoms with Crippen LogP contribution in [0.3, 0.4) is 0 Å². The average molecular weight is 171 g/mol. The number of rotatable bonds is 2. The van der Waals surface area contributed by atoms with Crippen molar-refractivity contribution in [3.05, 3.63) is 36.5 Å². The van der Waals surface area contributed by atoms with E-state index in [4.69, 9.17) is 16.3 Å². The van der Waals surface area contributed by atoms with Gasteiger partial charge in [0.25, 0.3) is 0 Å². The zero-order valence-electron chi connectivity index (χ0n) is 6.51. The highest BCUT2D eigenvalue weighted by molar-refractivity contribution is 6.24. The molecular weight excluding hydrogens is 160 g/mol. The SMILES string of the molecule is C=CC1=CCC(Cl)(OC)C=C1. The quantitative estimate of drug-likeness (QED) is 0.579. The van der Waals surface area contributed by atoms with E-state index in [9.17, 15) is 0 Å². The number of ether oxygens (including phenoxy) is 1. The zero-order valence-corrected chi connectivity index (χ0v) is 7.27. The number of hydrogen-bond donors (Lipinski definition) is 0. The van der Waals surface area contributed by atoms with Gasteiger partial charge in [0, 0.05) is 13.5 Å². The van der Waals surface area contributed by atoms with E-state index in [1.807, 2.05) is 18.2 Å². The highest BCUT2D eigenvalue weighted by Gasteiger charge is 2.23. The summed E-state index contributed by atoms with van der Waals surface area (Å²) in [6.45, 7) is 3.65. The third-order valence-electron chi connectivity index (χ3n) is 1.72. The molecule has 0 aromatic rings. The maximum Gasteiger partial charge on any atom is 0.163 e. The van der Waals surface area contributed by atoms with E-state index < -0.39 is 5.06 Å². The molecule has 60 valence electrons. The first-order valence-electron chi connectivity index (χ1n) is 3.46. The molecule has 0 heterocycles. The normalized spacial score (nSPS) is 29.8. The van der Waals surface area contributed by atoms with Gasteiger partial charge in [0.2, 0.25) is 0 Å². The molecule has 0 aromatic heterocycles. The number of alkyl halides is 1. The van der Waals surface area contributed by atoms with Crippen molar-refractivity contribution < 1.29 is 4.74 Å². The lowest BCUT2D eigenvalue weighted by atomic mass is 10.0. The standard InChI is InChI=1S/C9H11ClO/c1-3-8-4-6-9(10,11-2)7-5-8/h3-6H,1,7H2,2H3. The van der Waals surface area contributed by atoms with Crippen molar-refractivity contribution >= 4 is 11.6 Å². The van der Waals surface area contributed by atoms with Gasteiger partial charge in [-0.15, -0.1) is 0 Å². The van der Waals surface area contributed by atoms with Crippen LogP contribution in [0.1, 0.15) is 6.42 Å². The molecule has 0 bridgehead atoms. The second kappa shape index (κ2) is 3.24. The second-order valence-corrected chi connectivity index (χ2v) is 3.08. The van der Waals surface area contributed by atoms with E-state index in [2.05, 4.69) is 6.58 Å². The topological polar surface area (TPSA) is 9.23 Å². The lowest BCUT2D eigenvalue weighted by molar-refractivity contribution is 0.106. The van der Waals surface area contributed by atoms with Gasteiger partial charge in [0.05, 0.1) is 0 Å². The Bertz CT molecular complexity index is 218. The zero-order chi connectivity index (χ0) is 8.32. The predicted molar refractivity (Wildman–Crippen MR) is 47.6 cm³/mol. The Morgan fingerprint density at radius 2 is 2.55 bits per heavy atom. The molecule has 1 unspecified atom stereocenters. The van der Waals surface area contributed by atoms with Crippen LogP contribution in [0.25, 0.3) is 0 Å². The number of methoxy groups -OCH3 is 1. The van der Waals surface area contributed by atoms with Crippen molar-refractivity contribution in [2.75, 3.05) is 7.11 Å². The Labute approximate surface area is 72.0 Å². The largest absolute Gasteiger partial charge is 0.359 e. The molecule has 0 radical (unpaired) electrons. The minimum atomic E-state index is -0.632. The van der Waals surface area contributed by atoms with E-state index in [1.54, 1.807) is 13.2 Å². The smallest absolute Gasteiger partial charge is 0.163 e. The lowest BCUT2D eigenvalue weighted by Crippen LogP contribution is -2.21. The van der Waals surface area contributed by atoms with Crippen LogP contribution in [0, 0.1) is 0 Å². The van der Waals surface area contributed by atoms with Crippen molar-refractivity contribution in [2.24, 2.45) is 0 Å². The van der Waals surface area contributed by atoms with Gasteiger partial charge in [0.1, 0.15) is 0 Å². The number of allylic oxidation sites excluding steroid dienone is 3. The first-order valence-corrected chi connectivity index (χ1v) is 3.84. The molecule has 1 atom stereocenters. The summed E-state index contributed by atoms with van der Waals surface area (Å²) in [6.07, 6.45) is 8.24. The molecule has 2 heteroatoms. The fraction of sp³-hybridized carbons (Fsp3) is 0.333. The van der Waals surface area contributed by atoms with Gasteiger partial charge in [0.15, 0.2) is 5.06 Å². The van der Waals surface area contributed by atoms with Crippen LogP contribution < -0.4 is 0 Å². The maximum atomic E-state index is 5.99. The molecule has 0 aromatic carbocycles. The van der Waals surface area contributed by atoms with Crippen molar-refractivity contribution in [2.45, 2.75) is 11.5 Å². The van der Waals surface area contributed by atoms with E-state index in [0.29, 0.717) is 6.42 Å². The summed E-state index contributed by atoms with van der Waals surface area (Å²) in [5.41, 5.74) is 1.10. The van der Waals surface area contributed by atoms with Gasteiger partial charge in [-0.05, 0) is 11.6 Å². The summed E-state index contributed by atoms with van der Waals surface area (Å²) in [6, 6.07) is 0. The molecule has 0 amide bonds. The molecule has 1 aliphatic carbocycles. The highest BCUT2D eigenvalue weighted by Crippen LogP contribution is 2.28.